The molecule has 1 aromatic heterocycles. The van der Waals surface area contributed by atoms with Crippen LogP contribution >= 0.6 is 0 Å². The van der Waals surface area contributed by atoms with E-state index >= 15 is 0 Å². The number of benzene rings is 1. The predicted octanol–water partition coefficient (Wildman–Crippen LogP) is 1.32. The maximum Gasteiger partial charge on any atom is 0.182 e. The summed E-state index contributed by atoms with van der Waals surface area (Å²) in [5, 5.41) is 11.6. The van der Waals surface area contributed by atoms with Crippen LogP contribution in [0.4, 0.5) is 0 Å². The fourth-order valence-electron chi connectivity index (χ4n) is 1.94. The largest absolute Gasteiger partial charge is 0.221 e. The summed E-state index contributed by atoms with van der Waals surface area (Å²) in [7, 11) is 0. The average Bonchev–Trinajstić information content (AvgIpc) is 2.71. The highest BCUT2D eigenvalue weighted by Gasteiger charge is 2.22. The first kappa shape index (κ1) is 7.67. The molecule has 1 aromatic carbocycles. The molecule has 0 spiro atoms. The number of hydrogen-bond donors (Lipinski definition) is 0. The molecule has 0 saturated heterocycles. The lowest BCUT2D eigenvalue weighted by Crippen LogP contribution is -1.97. The van der Waals surface area contributed by atoms with E-state index < -0.39 is 0 Å². The van der Waals surface area contributed by atoms with Gasteiger partial charge in [-0.05, 0) is 41.0 Å². The molecule has 0 aliphatic carbocycles. The smallest absolute Gasteiger partial charge is 0.182 e. The van der Waals surface area contributed by atoms with Crippen LogP contribution < -0.4 is 0 Å². The Kier molecular flexibility index (Phi) is 1.32. The van der Waals surface area contributed by atoms with E-state index in [2.05, 4.69) is 41.5 Å². The van der Waals surface area contributed by atoms with Gasteiger partial charge in [0.05, 0.1) is 6.54 Å². The summed E-state index contributed by atoms with van der Waals surface area (Å²) < 4.78 is 1.84. The van der Waals surface area contributed by atoms with Gasteiger partial charge in [0.2, 0.25) is 0 Å². The lowest BCUT2D eigenvalue weighted by atomic mass is 9.99. The second-order valence-electron chi connectivity index (χ2n) is 3.69. The molecular formula is C10H10N4. The number of fused-ring (bicyclic) bond motifs is 3. The zero-order valence-corrected chi connectivity index (χ0v) is 8.15. The standard InChI is InChI=1S/C10H10N4/c1-6-3-4-8-9(7(6)2)5-14-10(8)11-12-13-14/h3-4H,5H2,1-2H3. The van der Waals surface area contributed by atoms with Crippen molar-refractivity contribution in [3.05, 3.63) is 28.8 Å². The number of nitrogens with zero attached hydrogens (tertiary/aromatic N) is 4. The van der Waals surface area contributed by atoms with Crippen LogP contribution in [0, 0.1) is 13.8 Å². The lowest BCUT2D eigenvalue weighted by Gasteiger charge is -2.05. The van der Waals surface area contributed by atoms with Crippen LogP contribution in [0.2, 0.25) is 0 Å². The first-order valence-electron chi connectivity index (χ1n) is 4.63. The lowest BCUT2D eigenvalue weighted by molar-refractivity contribution is 0.668. The summed E-state index contributed by atoms with van der Waals surface area (Å²) in [6, 6.07) is 4.23. The van der Waals surface area contributed by atoms with Crippen molar-refractivity contribution in [3.63, 3.8) is 0 Å². The van der Waals surface area contributed by atoms with E-state index in [1.165, 1.54) is 22.3 Å². The van der Waals surface area contributed by atoms with Crippen LogP contribution in [-0.4, -0.2) is 20.2 Å². The molecular weight excluding hydrogens is 176 g/mol. The summed E-state index contributed by atoms with van der Waals surface area (Å²) >= 11 is 0. The van der Waals surface area contributed by atoms with Gasteiger partial charge in [0.1, 0.15) is 0 Å². The fourth-order valence-corrected chi connectivity index (χ4v) is 1.94. The number of aryl methyl sites for hydroxylation is 1. The van der Waals surface area contributed by atoms with E-state index in [9.17, 15) is 0 Å². The van der Waals surface area contributed by atoms with Gasteiger partial charge in [0, 0.05) is 5.56 Å². The van der Waals surface area contributed by atoms with E-state index in [-0.39, 0.29) is 0 Å². The zero-order chi connectivity index (χ0) is 9.71. The van der Waals surface area contributed by atoms with Gasteiger partial charge >= 0.3 is 0 Å². The van der Waals surface area contributed by atoms with Gasteiger partial charge in [-0.3, -0.25) is 0 Å². The molecule has 0 unspecified atom stereocenters. The van der Waals surface area contributed by atoms with E-state index in [1.54, 1.807) is 0 Å². The van der Waals surface area contributed by atoms with Gasteiger partial charge in [-0.1, -0.05) is 12.1 Å². The molecule has 0 bridgehead atoms. The molecule has 3 rings (SSSR count). The summed E-state index contributed by atoms with van der Waals surface area (Å²) in [6.07, 6.45) is 0. The fraction of sp³-hybridized carbons (Fsp3) is 0.300. The van der Waals surface area contributed by atoms with Crippen LogP contribution in [0.5, 0.6) is 0 Å². The van der Waals surface area contributed by atoms with Crippen LogP contribution in [0.1, 0.15) is 16.7 Å². The Bertz CT molecular complexity index is 513. The van der Waals surface area contributed by atoms with Crippen molar-refractivity contribution in [2.75, 3.05) is 0 Å². The van der Waals surface area contributed by atoms with Crippen molar-refractivity contribution in [1.82, 2.24) is 20.2 Å². The highest BCUT2D eigenvalue weighted by molar-refractivity contribution is 5.66. The minimum atomic E-state index is 0.811. The molecule has 4 heteroatoms. The van der Waals surface area contributed by atoms with Crippen LogP contribution in [0.3, 0.4) is 0 Å². The summed E-state index contributed by atoms with van der Waals surface area (Å²) in [4.78, 5) is 0. The molecule has 1 aliphatic rings. The Morgan fingerprint density at radius 2 is 2.14 bits per heavy atom. The maximum atomic E-state index is 4.01. The molecule has 0 amide bonds. The number of aromatic nitrogens is 4. The molecule has 2 heterocycles. The van der Waals surface area contributed by atoms with Crippen molar-refractivity contribution in [1.29, 1.82) is 0 Å². The Morgan fingerprint density at radius 1 is 1.29 bits per heavy atom. The summed E-state index contributed by atoms with van der Waals surface area (Å²) in [6.45, 7) is 5.08. The minimum Gasteiger partial charge on any atom is -0.221 e. The molecule has 70 valence electrons. The SMILES string of the molecule is Cc1ccc2c(c1C)Cn1nnnc1-2. The molecule has 4 nitrogen and oxygen atoms in total. The Labute approximate surface area is 81.6 Å². The quantitative estimate of drug-likeness (QED) is 0.531. The van der Waals surface area contributed by atoms with Crippen molar-refractivity contribution in [2.24, 2.45) is 0 Å². The first-order chi connectivity index (χ1) is 6.77. The van der Waals surface area contributed by atoms with Crippen molar-refractivity contribution >= 4 is 0 Å². The highest BCUT2D eigenvalue weighted by atomic mass is 15.5. The molecule has 1 aliphatic heterocycles. The number of hydrogen-bond acceptors (Lipinski definition) is 3. The van der Waals surface area contributed by atoms with E-state index in [0.717, 1.165) is 12.4 Å². The monoisotopic (exact) mass is 186 g/mol. The topological polar surface area (TPSA) is 43.6 Å². The van der Waals surface area contributed by atoms with Gasteiger partial charge < -0.3 is 0 Å². The number of rotatable bonds is 0. The second-order valence-corrected chi connectivity index (χ2v) is 3.69. The van der Waals surface area contributed by atoms with Gasteiger partial charge in [0.25, 0.3) is 0 Å². The van der Waals surface area contributed by atoms with Crippen LogP contribution in [0.15, 0.2) is 12.1 Å². The predicted molar refractivity (Wildman–Crippen MR) is 51.8 cm³/mol. The van der Waals surface area contributed by atoms with Gasteiger partial charge in [-0.25, -0.2) is 4.68 Å². The molecule has 14 heavy (non-hydrogen) atoms. The molecule has 0 fully saturated rings. The molecule has 2 aromatic rings. The molecule has 0 radical (unpaired) electrons. The van der Waals surface area contributed by atoms with Crippen molar-refractivity contribution in [2.45, 2.75) is 20.4 Å². The summed E-state index contributed by atoms with van der Waals surface area (Å²) in [5.41, 5.74) is 5.18. The van der Waals surface area contributed by atoms with Crippen LogP contribution in [-0.2, 0) is 6.54 Å². The highest BCUT2D eigenvalue weighted by Crippen LogP contribution is 2.32. The third-order valence-corrected chi connectivity index (χ3v) is 2.95. The van der Waals surface area contributed by atoms with Crippen molar-refractivity contribution < 1.29 is 0 Å². The zero-order valence-electron chi connectivity index (χ0n) is 8.15. The van der Waals surface area contributed by atoms with E-state index in [0.29, 0.717) is 0 Å². The third-order valence-electron chi connectivity index (χ3n) is 2.95. The number of tetrazole rings is 1. The Hall–Kier alpha value is -1.71. The van der Waals surface area contributed by atoms with E-state index in [4.69, 9.17) is 0 Å². The van der Waals surface area contributed by atoms with Gasteiger partial charge in [-0.15, -0.1) is 5.10 Å². The first-order valence-corrected chi connectivity index (χ1v) is 4.63. The Morgan fingerprint density at radius 3 is 3.00 bits per heavy atom. The van der Waals surface area contributed by atoms with Gasteiger partial charge in [-0.2, -0.15) is 0 Å². The maximum absolute atomic E-state index is 4.01. The van der Waals surface area contributed by atoms with Gasteiger partial charge in [0.15, 0.2) is 5.82 Å². The summed E-state index contributed by atoms with van der Waals surface area (Å²) in [5.74, 6) is 0.892. The third kappa shape index (κ3) is 0.801. The molecule has 0 N–H and O–H groups in total. The Balaban J connectivity index is 2.32. The van der Waals surface area contributed by atoms with E-state index in [1.807, 2.05) is 4.68 Å². The average molecular weight is 186 g/mol. The molecule has 0 saturated carbocycles. The van der Waals surface area contributed by atoms with Crippen molar-refractivity contribution in [3.8, 4) is 11.4 Å². The van der Waals surface area contributed by atoms with Crippen LogP contribution in [0.25, 0.3) is 11.4 Å². The normalized spacial score (nSPS) is 12.7. The molecule has 0 atom stereocenters. The second kappa shape index (κ2) is 2.41. The minimum absolute atomic E-state index is 0.811.